The van der Waals surface area contributed by atoms with Gasteiger partial charge < -0.3 is 4.74 Å². The molecule has 0 aliphatic rings. The third-order valence-electron chi connectivity index (χ3n) is 5.23. The Morgan fingerprint density at radius 1 is 0.786 bits per heavy atom. The van der Waals surface area contributed by atoms with Gasteiger partial charge in [0.05, 0.1) is 12.5 Å². The van der Waals surface area contributed by atoms with Crippen LogP contribution in [0.25, 0.3) is 0 Å². The lowest BCUT2D eigenvalue weighted by Crippen LogP contribution is -2.34. The maximum absolute atomic E-state index is 12.7. The number of carbonyl (C=O) groups excluding carboxylic acids is 1. The minimum Gasteiger partial charge on any atom is -0.466 e. The van der Waals surface area contributed by atoms with E-state index in [0.29, 0.717) is 6.61 Å². The van der Waals surface area contributed by atoms with Crippen LogP contribution in [-0.2, 0) is 9.53 Å². The predicted molar refractivity (Wildman–Crippen MR) is 122 cm³/mol. The molecule has 144 valence electrons. The van der Waals surface area contributed by atoms with E-state index in [1.54, 1.807) is 0 Å². The van der Waals surface area contributed by atoms with Crippen LogP contribution in [0.1, 0.15) is 20.8 Å². The average Bonchev–Trinajstić information content (AvgIpc) is 2.76. The first-order valence-electron chi connectivity index (χ1n) is 9.69. The molecule has 28 heavy (non-hydrogen) atoms. The first-order chi connectivity index (χ1) is 13.6. The van der Waals surface area contributed by atoms with E-state index in [9.17, 15) is 4.79 Å². The maximum Gasteiger partial charge on any atom is 0.312 e. The van der Waals surface area contributed by atoms with Crippen LogP contribution in [0.4, 0.5) is 0 Å². The minimum atomic E-state index is -2.16. The lowest BCUT2D eigenvalue weighted by molar-refractivity contribution is -0.144. The summed E-state index contributed by atoms with van der Waals surface area (Å²) in [5, 5.41) is 4.91. The second-order valence-electron chi connectivity index (χ2n) is 6.79. The number of hydrogen-bond donors (Lipinski definition) is 0. The molecule has 0 spiro atoms. The Hall–Kier alpha value is -2.57. The monoisotopic (exact) mass is 390 g/mol. The molecule has 0 aromatic heterocycles. The highest BCUT2D eigenvalue weighted by atomic mass is 31.2. The van der Waals surface area contributed by atoms with E-state index in [-0.39, 0.29) is 11.9 Å². The molecule has 0 N–H and O–H groups in total. The predicted octanol–water partition coefficient (Wildman–Crippen LogP) is 4.37. The molecule has 0 heterocycles. The van der Waals surface area contributed by atoms with E-state index in [4.69, 9.17) is 4.74 Å². The van der Waals surface area contributed by atoms with Gasteiger partial charge >= 0.3 is 5.97 Å². The van der Waals surface area contributed by atoms with Crippen molar-refractivity contribution in [1.82, 2.24) is 0 Å². The number of esters is 1. The molecule has 0 saturated heterocycles. The van der Waals surface area contributed by atoms with Crippen molar-refractivity contribution in [3.05, 3.63) is 91.0 Å². The first kappa shape index (κ1) is 20.2. The molecule has 0 aliphatic heterocycles. The standard InChI is InChI=1S/C25H27O2P/c1-4-27-25(26)20(2)21(3)28(22-14-8-5-9-15-22,23-16-10-6-11-17-23)24-18-12-7-13-19-24/h5-20H,4H2,1-3H3/t20-/m0/s1. The average molecular weight is 390 g/mol. The second-order valence-corrected chi connectivity index (χ2v) is 10.4. The third kappa shape index (κ3) is 3.70. The number of hydrogen-bond acceptors (Lipinski definition) is 2. The molecular formula is C25H27O2P. The van der Waals surface area contributed by atoms with E-state index in [2.05, 4.69) is 79.7 Å². The van der Waals surface area contributed by atoms with Crippen LogP contribution < -0.4 is 15.9 Å². The van der Waals surface area contributed by atoms with Crippen LogP contribution in [0.2, 0.25) is 0 Å². The van der Waals surface area contributed by atoms with Gasteiger partial charge in [0.15, 0.2) is 0 Å². The van der Waals surface area contributed by atoms with Gasteiger partial charge in [0, 0.05) is 0 Å². The fourth-order valence-electron chi connectivity index (χ4n) is 3.74. The molecule has 2 nitrogen and oxygen atoms in total. The lowest BCUT2D eigenvalue weighted by atomic mass is 10.1. The zero-order chi connectivity index (χ0) is 20.0. The smallest absolute Gasteiger partial charge is 0.312 e. The fraction of sp³-hybridized carbons (Fsp3) is 0.200. The second kappa shape index (κ2) is 9.08. The van der Waals surface area contributed by atoms with Gasteiger partial charge in [0.25, 0.3) is 0 Å². The highest BCUT2D eigenvalue weighted by molar-refractivity contribution is 7.95. The molecule has 3 rings (SSSR count). The Balaban J connectivity index is 2.45. The quantitative estimate of drug-likeness (QED) is 0.461. The summed E-state index contributed by atoms with van der Waals surface area (Å²) in [6, 6.07) is 31.7. The van der Waals surface area contributed by atoms with Crippen LogP contribution in [0.3, 0.4) is 0 Å². The van der Waals surface area contributed by atoms with Gasteiger partial charge in [-0.05, 0) is 48.9 Å². The number of rotatable bonds is 6. The molecular weight excluding hydrogens is 363 g/mol. The number of ether oxygens (including phenoxy) is 1. The summed E-state index contributed by atoms with van der Waals surface area (Å²) >= 11 is 0. The summed E-state index contributed by atoms with van der Waals surface area (Å²) in [6.45, 7) is 4.18. The Bertz CT molecular complexity index is 860. The van der Waals surface area contributed by atoms with E-state index in [0.717, 1.165) is 5.29 Å². The lowest BCUT2D eigenvalue weighted by Gasteiger charge is -2.33. The topological polar surface area (TPSA) is 26.3 Å². The van der Waals surface area contributed by atoms with E-state index in [1.807, 2.05) is 32.0 Å². The summed E-state index contributed by atoms with van der Waals surface area (Å²) in [5.41, 5.74) is 0. The minimum absolute atomic E-state index is 0.160. The zero-order valence-electron chi connectivity index (χ0n) is 16.7. The van der Waals surface area contributed by atoms with Gasteiger partial charge in [-0.3, -0.25) is 4.79 Å². The Morgan fingerprint density at radius 3 is 1.46 bits per heavy atom. The van der Waals surface area contributed by atoms with Crippen molar-refractivity contribution >= 4 is 34.1 Å². The Labute approximate surface area is 168 Å². The van der Waals surface area contributed by atoms with Crippen molar-refractivity contribution < 1.29 is 9.53 Å². The van der Waals surface area contributed by atoms with E-state index < -0.39 is 6.89 Å². The largest absolute Gasteiger partial charge is 0.466 e. The van der Waals surface area contributed by atoms with Crippen molar-refractivity contribution in [3.8, 4) is 0 Å². The summed E-state index contributed by atoms with van der Waals surface area (Å²) in [7, 11) is 0. The van der Waals surface area contributed by atoms with Gasteiger partial charge in [0.1, 0.15) is 0 Å². The molecule has 3 aromatic carbocycles. The SMILES string of the molecule is CCOC(=O)[C@@H](C)C(C)=P(c1ccccc1)(c1ccccc1)c1ccccc1. The maximum atomic E-state index is 12.7. The van der Waals surface area contributed by atoms with Crippen molar-refractivity contribution in [3.63, 3.8) is 0 Å². The van der Waals surface area contributed by atoms with Crippen LogP contribution in [0.5, 0.6) is 0 Å². The highest BCUT2D eigenvalue weighted by Crippen LogP contribution is 2.47. The Morgan fingerprint density at radius 2 is 1.14 bits per heavy atom. The van der Waals surface area contributed by atoms with E-state index >= 15 is 0 Å². The normalized spacial score (nSPS) is 12.2. The molecule has 0 radical (unpaired) electrons. The zero-order valence-corrected chi connectivity index (χ0v) is 17.6. The molecule has 0 bridgehead atoms. The molecule has 0 unspecified atom stereocenters. The molecule has 0 fully saturated rings. The van der Waals surface area contributed by atoms with Gasteiger partial charge in [-0.2, -0.15) is 0 Å². The molecule has 3 heteroatoms. The van der Waals surface area contributed by atoms with Crippen molar-refractivity contribution in [2.24, 2.45) is 5.92 Å². The van der Waals surface area contributed by atoms with Gasteiger partial charge in [0.2, 0.25) is 0 Å². The van der Waals surface area contributed by atoms with Crippen molar-refractivity contribution in [1.29, 1.82) is 0 Å². The van der Waals surface area contributed by atoms with Crippen LogP contribution in [-0.4, -0.2) is 17.9 Å². The van der Waals surface area contributed by atoms with Crippen LogP contribution in [0, 0.1) is 5.92 Å². The van der Waals surface area contributed by atoms with Gasteiger partial charge in [-0.25, -0.2) is 0 Å². The third-order valence-corrected chi connectivity index (χ3v) is 9.89. The van der Waals surface area contributed by atoms with Gasteiger partial charge in [-0.1, -0.05) is 91.0 Å². The van der Waals surface area contributed by atoms with Crippen molar-refractivity contribution in [2.45, 2.75) is 20.8 Å². The molecule has 0 amide bonds. The highest BCUT2D eigenvalue weighted by Gasteiger charge is 2.32. The molecule has 1 atom stereocenters. The first-order valence-corrected chi connectivity index (χ1v) is 11.5. The molecule has 0 aliphatic carbocycles. The van der Waals surface area contributed by atoms with Crippen molar-refractivity contribution in [2.75, 3.05) is 6.61 Å². The summed E-state index contributed by atoms with van der Waals surface area (Å²) in [4.78, 5) is 12.7. The Kier molecular flexibility index (Phi) is 6.54. The number of benzene rings is 3. The number of carbonyl (C=O) groups is 1. The molecule has 0 saturated carbocycles. The van der Waals surface area contributed by atoms with Crippen LogP contribution in [0.15, 0.2) is 91.0 Å². The van der Waals surface area contributed by atoms with Crippen LogP contribution >= 0.6 is 6.89 Å². The molecule has 3 aromatic rings. The summed E-state index contributed by atoms with van der Waals surface area (Å²) in [5.74, 6) is -0.457. The summed E-state index contributed by atoms with van der Waals surface area (Å²) < 4.78 is 5.39. The van der Waals surface area contributed by atoms with E-state index in [1.165, 1.54) is 15.9 Å². The van der Waals surface area contributed by atoms with Gasteiger partial charge in [-0.15, -0.1) is 0 Å². The fourth-order valence-corrected chi connectivity index (χ4v) is 8.40. The summed E-state index contributed by atoms with van der Waals surface area (Å²) in [6.07, 6.45) is 0.